The van der Waals surface area contributed by atoms with Gasteiger partial charge in [-0.1, -0.05) is 18.7 Å². The molecule has 6 heteroatoms. The molecule has 0 aromatic carbocycles. The van der Waals surface area contributed by atoms with Crippen molar-refractivity contribution >= 4 is 22.9 Å². The fraction of sp³-hybridized carbons (Fsp3) is 0.889. The Bertz CT molecular complexity index is 504. The fourth-order valence-electron chi connectivity index (χ4n) is 5.41. The van der Waals surface area contributed by atoms with Crippen LogP contribution in [0, 0.1) is 5.41 Å². The molecule has 4 rings (SSSR count). The molecule has 4 fully saturated rings. The molecule has 2 unspecified atom stereocenters. The maximum Gasteiger partial charge on any atom is 0.282 e. The molecule has 1 N–H and O–H groups in total. The van der Waals surface area contributed by atoms with Crippen LogP contribution in [0.2, 0.25) is 0 Å². The van der Waals surface area contributed by atoms with E-state index in [2.05, 4.69) is 22.0 Å². The molecule has 5 nitrogen and oxygen atoms in total. The second kappa shape index (κ2) is 6.52. The maximum atomic E-state index is 12.4. The van der Waals surface area contributed by atoms with Crippen LogP contribution in [0.25, 0.3) is 0 Å². The number of carbonyl (C=O) groups is 2. The fourth-order valence-corrected chi connectivity index (χ4v) is 6.11. The molecular weight excluding hydrogens is 322 g/mol. The molecular formula is C18H29N3O2S. The Morgan fingerprint density at radius 3 is 2.42 bits per heavy atom. The summed E-state index contributed by atoms with van der Waals surface area (Å²) in [5, 5.41) is 3.33. The molecule has 134 valence electrons. The van der Waals surface area contributed by atoms with Gasteiger partial charge in [-0.3, -0.25) is 9.59 Å². The van der Waals surface area contributed by atoms with E-state index in [-0.39, 0.29) is 11.3 Å². The summed E-state index contributed by atoms with van der Waals surface area (Å²) in [4.78, 5) is 28.8. The Kier molecular flexibility index (Phi) is 4.54. The molecule has 4 aliphatic heterocycles. The minimum absolute atomic E-state index is 0.237. The second-order valence-corrected chi connectivity index (χ2v) is 9.32. The number of piperidine rings is 2. The largest absolute Gasteiger partial charge is 0.356 e. The predicted octanol–water partition coefficient (Wildman–Crippen LogP) is 2.46. The normalized spacial score (nSPS) is 35.5. The van der Waals surface area contributed by atoms with Crippen molar-refractivity contribution in [1.29, 1.82) is 0 Å². The van der Waals surface area contributed by atoms with E-state index in [0.717, 1.165) is 57.5 Å². The molecule has 0 radical (unpaired) electrons. The van der Waals surface area contributed by atoms with E-state index in [1.165, 1.54) is 24.6 Å². The number of hydrogen-bond acceptors (Lipinski definition) is 4. The van der Waals surface area contributed by atoms with Gasteiger partial charge >= 0.3 is 0 Å². The summed E-state index contributed by atoms with van der Waals surface area (Å²) in [6.45, 7) is 5.18. The van der Waals surface area contributed by atoms with E-state index < -0.39 is 0 Å². The Labute approximate surface area is 148 Å². The molecule has 2 bridgehead atoms. The van der Waals surface area contributed by atoms with Crippen LogP contribution < -0.4 is 5.32 Å². The lowest BCUT2D eigenvalue weighted by Crippen LogP contribution is -2.54. The van der Waals surface area contributed by atoms with Gasteiger partial charge in [0.1, 0.15) is 0 Å². The summed E-state index contributed by atoms with van der Waals surface area (Å²) in [6.07, 6.45) is 7.69. The highest BCUT2D eigenvalue weighted by Crippen LogP contribution is 2.43. The number of amides is 2. The highest BCUT2D eigenvalue weighted by molar-refractivity contribution is 8.13. The summed E-state index contributed by atoms with van der Waals surface area (Å²) < 4.78 is 0. The van der Waals surface area contributed by atoms with Gasteiger partial charge in [0.15, 0.2) is 0 Å². The molecule has 4 saturated heterocycles. The van der Waals surface area contributed by atoms with Crippen LogP contribution >= 0.6 is 11.8 Å². The van der Waals surface area contributed by atoms with E-state index in [1.54, 1.807) is 0 Å². The summed E-state index contributed by atoms with van der Waals surface area (Å²) >= 11 is 1.47. The lowest BCUT2D eigenvalue weighted by molar-refractivity contribution is -0.119. The summed E-state index contributed by atoms with van der Waals surface area (Å²) in [7, 11) is 0. The zero-order valence-corrected chi connectivity index (χ0v) is 15.4. The van der Waals surface area contributed by atoms with E-state index in [9.17, 15) is 9.59 Å². The summed E-state index contributed by atoms with van der Waals surface area (Å²) in [5.74, 6) is 1.11. The van der Waals surface area contributed by atoms with Crippen molar-refractivity contribution in [3.05, 3.63) is 0 Å². The van der Waals surface area contributed by atoms with Crippen molar-refractivity contribution in [1.82, 2.24) is 15.1 Å². The lowest BCUT2D eigenvalue weighted by atomic mass is 9.77. The van der Waals surface area contributed by atoms with Crippen molar-refractivity contribution in [3.63, 3.8) is 0 Å². The molecule has 4 heterocycles. The van der Waals surface area contributed by atoms with E-state index in [1.807, 2.05) is 0 Å². The third kappa shape index (κ3) is 2.96. The number of nitrogens with zero attached hydrogens (tertiary/aromatic N) is 2. The van der Waals surface area contributed by atoms with Gasteiger partial charge in [-0.15, -0.1) is 0 Å². The number of carbonyl (C=O) groups excluding carboxylic acids is 2. The minimum atomic E-state index is 0.237. The number of fused-ring (bicyclic) bond motifs is 2. The van der Waals surface area contributed by atoms with Crippen LogP contribution in [-0.2, 0) is 4.79 Å². The van der Waals surface area contributed by atoms with Crippen molar-refractivity contribution in [2.24, 2.45) is 5.41 Å². The first-order valence-electron chi connectivity index (χ1n) is 9.56. The van der Waals surface area contributed by atoms with Crippen LogP contribution in [0.3, 0.4) is 0 Å². The lowest BCUT2D eigenvalue weighted by Gasteiger charge is -2.47. The molecule has 24 heavy (non-hydrogen) atoms. The Morgan fingerprint density at radius 1 is 1.21 bits per heavy atom. The van der Waals surface area contributed by atoms with Gasteiger partial charge in [0.25, 0.3) is 5.24 Å². The first-order chi connectivity index (χ1) is 11.6. The second-order valence-electron chi connectivity index (χ2n) is 8.11. The minimum Gasteiger partial charge on any atom is -0.356 e. The molecule has 2 amide bonds. The first-order valence-corrected chi connectivity index (χ1v) is 10.5. The quantitative estimate of drug-likeness (QED) is 0.830. The Hall–Kier alpha value is -0.750. The number of nitrogens with one attached hydrogen (secondary N) is 1. The Balaban J connectivity index is 1.35. The molecule has 1 spiro atoms. The highest BCUT2D eigenvalue weighted by atomic mass is 32.2. The monoisotopic (exact) mass is 351 g/mol. The maximum absolute atomic E-state index is 12.4. The highest BCUT2D eigenvalue weighted by Gasteiger charge is 2.47. The third-order valence-electron chi connectivity index (χ3n) is 6.76. The van der Waals surface area contributed by atoms with Crippen molar-refractivity contribution in [2.45, 2.75) is 70.0 Å². The van der Waals surface area contributed by atoms with E-state index >= 15 is 0 Å². The van der Waals surface area contributed by atoms with Gasteiger partial charge in [0.05, 0.1) is 0 Å². The Morgan fingerprint density at radius 2 is 1.88 bits per heavy atom. The SMILES string of the molecule is CCSC(=O)N1C2CCC1CC(N1CCC3(CC1)CNC(=O)C3)C2. The molecule has 4 aliphatic rings. The average Bonchev–Trinajstić information content (AvgIpc) is 3.05. The van der Waals surface area contributed by atoms with Gasteiger partial charge in [0, 0.05) is 31.1 Å². The summed E-state index contributed by atoms with van der Waals surface area (Å²) in [6, 6.07) is 1.57. The van der Waals surface area contributed by atoms with Gasteiger partial charge in [-0.2, -0.15) is 0 Å². The van der Waals surface area contributed by atoms with Crippen molar-refractivity contribution in [3.8, 4) is 0 Å². The number of rotatable bonds is 2. The number of thioether (sulfide) groups is 1. The third-order valence-corrected chi connectivity index (χ3v) is 7.50. The number of likely N-dealkylation sites (tertiary alicyclic amines) is 1. The van der Waals surface area contributed by atoms with Gasteiger partial charge < -0.3 is 15.1 Å². The first kappa shape index (κ1) is 16.7. The van der Waals surface area contributed by atoms with Crippen molar-refractivity contribution in [2.75, 3.05) is 25.4 Å². The van der Waals surface area contributed by atoms with Crippen molar-refractivity contribution < 1.29 is 9.59 Å². The molecule has 0 aromatic rings. The van der Waals surface area contributed by atoms with E-state index in [0.29, 0.717) is 23.4 Å². The molecule has 0 aliphatic carbocycles. The van der Waals surface area contributed by atoms with Crippen LogP contribution in [0.5, 0.6) is 0 Å². The van der Waals surface area contributed by atoms with Crippen LogP contribution in [0.15, 0.2) is 0 Å². The van der Waals surface area contributed by atoms with Crippen LogP contribution in [0.4, 0.5) is 4.79 Å². The standard InChI is InChI=1S/C18H29N3O2S/c1-2-24-17(23)21-13-3-4-14(21)10-15(9-13)20-7-5-18(6-8-20)11-16(22)19-12-18/h13-15H,2-12H2,1H3,(H,19,22). The van der Waals surface area contributed by atoms with Crippen LogP contribution in [0.1, 0.15) is 51.9 Å². The molecule has 0 saturated carbocycles. The predicted molar refractivity (Wildman–Crippen MR) is 96.1 cm³/mol. The topological polar surface area (TPSA) is 52.7 Å². The van der Waals surface area contributed by atoms with Gasteiger partial charge in [-0.25, -0.2) is 0 Å². The zero-order chi connectivity index (χ0) is 16.7. The smallest absolute Gasteiger partial charge is 0.282 e. The zero-order valence-electron chi connectivity index (χ0n) is 14.6. The summed E-state index contributed by atoms with van der Waals surface area (Å²) in [5.41, 5.74) is 0.237. The average molecular weight is 352 g/mol. The molecule has 2 atom stereocenters. The van der Waals surface area contributed by atoms with Crippen LogP contribution in [-0.4, -0.2) is 64.5 Å². The molecule has 0 aromatic heterocycles. The number of hydrogen-bond donors (Lipinski definition) is 1. The van der Waals surface area contributed by atoms with E-state index in [4.69, 9.17) is 0 Å². The van der Waals surface area contributed by atoms with Gasteiger partial charge in [-0.05, 0) is 62.8 Å². The van der Waals surface area contributed by atoms with Gasteiger partial charge in [0.2, 0.25) is 5.91 Å².